The number of carbonyl (C=O) groups excluding carboxylic acids is 3. The summed E-state index contributed by atoms with van der Waals surface area (Å²) in [4.78, 5) is 37.9. The molecule has 0 aromatic carbocycles. The lowest BCUT2D eigenvalue weighted by molar-refractivity contribution is -0.167. The van der Waals surface area contributed by atoms with Gasteiger partial charge in [-0.15, -0.1) is 0 Å². The monoisotopic (exact) mass is 997 g/mol. The van der Waals surface area contributed by atoms with E-state index in [1.807, 2.05) is 0 Å². The first-order valence-corrected chi connectivity index (χ1v) is 31.5. The second-order valence-electron chi connectivity index (χ2n) is 21.3. The van der Waals surface area contributed by atoms with E-state index in [0.29, 0.717) is 19.3 Å². The molecule has 0 saturated carbocycles. The van der Waals surface area contributed by atoms with E-state index in [4.69, 9.17) is 14.2 Å². The van der Waals surface area contributed by atoms with Gasteiger partial charge in [-0.1, -0.05) is 282 Å². The third-order valence-electron chi connectivity index (χ3n) is 14.1. The summed E-state index contributed by atoms with van der Waals surface area (Å²) in [5.74, 6) is -0.866. The van der Waals surface area contributed by atoms with Crippen LogP contribution < -0.4 is 0 Å². The van der Waals surface area contributed by atoms with Crippen molar-refractivity contribution in [3.05, 3.63) is 36.5 Å². The highest BCUT2D eigenvalue weighted by Crippen LogP contribution is 2.17. The Hall–Kier alpha value is -2.37. The molecular weight excluding hydrogens is 877 g/mol. The van der Waals surface area contributed by atoms with E-state index >= 15 is 0 Å². The first-order valence-electron chi connectivity index (χ1n) is 31.5. The number of esters is 3. The van der Waals surface area contributed by atoms with Crippen LogP contribution in [0.2, 0.25) is 0 Å². The normalized spacial score (nSPS) is 12.2. The molecule has 1 unspecified atom stereocenters. The Bertz CT molecular complexity index is 1190. The van der Waals surface area contributed by atoms with Crippen LogP contribution in [0.1, 0.15) is 342 Å². The third-order valence-corrected chi connectivity index (χ3v) is 14.1. The molecule has 0 amide bonds. The summed E-state index contributed by atoms with van der Waals surface area (Å²) in [5, 5.41) is 0. The molecular formula is C65H120O6. The molecule has 0 aliphatic rings. The van der Waals surface area contributed by atoms with E-state index in [-0.39, 0.29) is 31.1 Å². The molecule has 416 valence electrons. The Kier molecular flexibility index (Phi) is 58.2. The minimum absolute atomic E-state index is 0.0700. The smallest absolute Gasteiger partial charge is 0.306 e. The molecule has 1 atom stereocenters. The number of ether oxygens (including phenoxy) is 3. The number of rotatable bonds is 58. The first kappa shape index (κ1) is 68.6. The Balaban J connectivity index is 4.01. The molecule has 0 heterocycles. The van der Waals surface area contributed by atoms with Gasteiger partial charge in [-0.3, -0.25) is 14.4 Å². The van der Waals surface area contributed by atoms with Crippen LogP contribution in [0.5, 0.6) is 0 Å². The molecule has 71 heavy (non-hydrogen) atoms. The molecule has 0 aromatic heterocycles. The second-order valence-corrected chi connectivity index (χ2v) is 21.3. The van der Waals surface area contributed by atoms with Gasteiger partial charge in [0.05, 0.1) is 0 Å². The van der Waals surface area contributed by atoms with E-state index in [1.54, 1.807) is 0 Å². The second kappa shape index (κ2) is 60.2. The van der Waals surface area contributed by atoms with Crippen LogP contribution in [-0.4, -0.2) is 37.2 Å². The topological polar surface area (TPSA) is 78.9 Å². The maximum atomic E-state index is 12.8. The molecule has 0 aliphatic heterocycles. The summed E-state index contributed by atoms with van der Waals surface area (Å²) < 4.78 is 16.8. The van der Waals surface area contributed by atoms with Gasteiger partial charge in [-0.25, -0.2) is 0 Å². The first-order chi connectivity index (χ1) is 35.0. The Morgan fingerprint density at radius 2 is 0.507 bits per heavy atom. The SMILES string of the molecule is CCCCCCC/C=C\C/C=C\CCCCCCCCCCCCCCCCCCCC(=O)OCC(COC(=O)CCCCCCCC)OC(=O)CCCCCCCCC/C=C\CCCCCCCCC. The number of carbonyl (C=O) groups is 3. The number of allylic oxidation sites excluding steroid dienone is 6. The van der Waals surface area contributed by atoms with E-state index in [9.17, 15) is 14.4 Å². The molecule has 0 aromatic rings. The van der Waals surface area contributed by atoms with Crippen LogP contribution in [0.15, 0.2) is 36.5 Å². The van der Waals surface area contributed by atoms with Crippen LogP contribution in [-0.2, 0) is 28.6 Å². The quantitative estimate of drug-likeness (QED) is 0.0261. The maximum Gasteiger partial charge on any atom is 0.306 e. The van der Waals surface area contributed by atoms with Gasteiger partial charge in [0.1, 0.15) is 13.2 Å². The van der Waals surface area contributed by atoms with Crippen LogP contribution in [0.4, 0.5) is 0 Å². The summed E-state index contributed by atoms with van der Waals surface area (Å²) >= 11 is 0. The lowest BCUT2D eigenvalue weighted by Crippen LogP contribution is -2.30. The van der Waals surface area contributed by atoms with E-state index < -0.39 is 6.10 Å². The van der Waals surface area contributed by atoms with Gasteiger partial charge in [0.15, 0.2) is 6.10 Å². The molecule has 0 N–H and O–H groups in total. The van der Waals surface area contributed by atoms with Crippen molar-refractivity contribution < 1.29 is 28.6 Å². The van der Waals surface area contributed by atoms with E-state index in [0.717, 1.165) is 64.2 Å². The van der Waals surface area contributed by atoms with Gasteiger partial charge in [-0.05, 0) is 77.0 Å². The summed E-state index contributed by atoms with van der Waals surface area (Å²) in [6, 6.07) is 0. The van der Waals surface area contributed by atoms with Gasteiger partial charge in [0, 0.05) is 19.3 Å². The summed E-state index contributed by atoms with van der Waals surface area (Å²) in [6.07, 6.45) is 73.4. The molecule has 0 aliphatic carbocycles. The summed E-state index contributed by atoms with van der Waals surface area (Å²) in [5.41, 5.74) is 0. The van der Waals surface area contributed by atoms with Crippen molar-refractivity contribution in [1.29, 1.82) is 0 Å². The van der Waals surface area contributed by atoms with Gasteiger partial charge >= 0.3 is 17.9 Å². The molecule has 6 heteroatoms. The summed E-state index contributed by atoms with van der Waals surface area (Å²) in [7, 11) is 0. The highest BCUT2D eigenvalue weighted by Gasteiger charge is 2.19. The fraction of sp³-hybridized carbons (Fsp3) is 0.862. The lowest BCUT2D eigenvalue weighted by atomic mass is 10.0. The minimum atomic E-state index is -0.769. The highest BCUT2D eigenvalue weighted by molar-refractivity contribution is 5.71. The van der Waals surface area contributed by atoms with Crippen molar-refractivity contribution in [2.45, 2.75) is 348 Å². The van der Waals surface area contributed by atoms with Crippen LogP contribution in [0.3, 0.4) is 0 Å². The number of hydrogen-bond acceptors (Lipinski definition) is 6. The zero-order chi connectivity index (χ0) is 51.4. The fourth-order valence-corrected chi connectivity index (χ4v) is 9.35. The van der Waals surface area contributed by atoms with Crippen LogP contribution >= 0.6 is 0 Å². The predicted octanol–water partition coefficient (Wildman–Crippen LogP) is 21.2. The zero-order valence-corrected chi connectivity index (χ0v) is 47.8. The Morgan fingerprint density at radius 3 is 0.789 bits per heavy atom. The molecule has 0 bridgehead atoms. The van der Waals surface area contributed by atoms with Crippen molar-refractivity contribution in [3.8, 4) is 0 Å². The molecule has 6 nitrogen and oxygen atoms in total. The lowest BCUT2D eigenvalue weighted by Gasteiger charge is -2.18. The number of hydrogen-bond donors (Lipinski definition) is 0. The zero-order valence-electron chi connectivity index (χ0n) is 47.8. The minimum Gasteiger partial charge on any atom is -0.462 e. The summed E-state index contributed by atoms with van der Waals surface area (Å²) in [6.45, 7) is 6.61. The van der Waals surface area contributed by atoms with Gasteiger partial charge in [0.25, 0.3) is 0 Å². The maximum absolute atomic E-state index is 12.8. The van der Waals surface area contributed by atoms with Gasteiger partial charge in [0.2, 0.25) is 0 Å². The third kappa shape index (κ3) is 58.4. The molecule has 0 spiro atoms. The molecule has 0 fully saturated rings. The van der Waals surface area contributed by atoms with Gasteiger partial charge < -0.3 is 14.2 Å². The fourth-order valence-electron chi connectivity index (χ4n) is 9.35. The molecule has 0 rings (SSSR count). The Labute approximate surface area is 442 Å². The van der Waals surface area contributed by atoms with Crippen LogP contribution in [0, 0.1) is 0 Å². The standard InChI is InChI=1S/C65H120O6/c1-4-7-10-13-16-18-20-22-24-26-28-29-30-31-32-33-34-35-36-37-38-40-41-43-45-47-49-52-55-58-64(67)70-61-62(60-69-63(66)57-54-51-15-12-9-6-3)71-65(68)59-56-53-50-48-46-44-42-39-27-25-23-21-19-17-14-11-8-5-2/h20,22,25-28,62H,4-19,21,23-24,29-61H2,1-3H3/b22-20-,27-25-,28-26-. The average Bonchev–Trinajstić information content (AvgIpc) is 3.37. The van der Waals surface area contributed by atoms with Crippen molar-refractivity contribution in [2.75, 3.05) is 13.2 Å². The van der Waals surface area contributed by atoms with Crippen LogP contribution in [0.25, 0.3) is 0 Å². The number of unbranched alkanes of at least 4 members (excludes halogenated alkanes) is 41. The van der Waals surface area contributed by atoms with Gasteiger partial charge in [-0.2, -0.15) is 0 Å². The predicted molar refractivity (Wildman–Crippen MR) is 307 cm³/mol. The van der Waals surface area contributed by atoms with E-state index in [2.05, 4.69) is 57.2 Å². The van der Waals surface area contributed by atoms with Crippen molar-refractivity contribution in [2.24, 2.45) is 0 Å². The average molecular weight is 998 g/mol. The highest BCUT2D eigenvalue weighted by atomic mass is 16.6. The van der Waals surface area contributed by atoms with Crippen molar-refractivity contribution in [1.82, 2.24) is 0 Å². The molecule has 0 saturated heterocycles. The largest absolute Gasteiger partial charge is 0.462 e. The molecule has 0 radical (unpaired) electrons. The van der Waals surface area contributed by atoms with Crippen molar-refractivity contribution >= 4 is 17.9 Å². The van der Waals surface area contributed by atoms with E-state index in [1.165, 1.54) is 238 Å². The Morgan fingerprint density at radius 1 is 0.282 bits per heavy atom. The van der Waals surface area contributed by atoms with Crippen molar-refractivity contribution in [3.63, 3.8) is 0 Å².